The Morgan fingerprint density at radius 2 is 2.25 bits per heavy atom. The van der Waals surface area contributed by atoms with Crippen LogP contribution in [-0.4, -0.2) is 38.7 Å². The Balaban J connectivity index is 1.44. The number of pyridine rings is 1. The zero-order valence-corrected chi connectivity index (χ0v) is 13.7. The van der Waals surface area contributed by atoms with Gasteiger partial charge in [0.1, 0.15) is 0 Å². The second kappa shape index (κ2) is 5.92. The van der Waals surface area contributed by atoms with E-state index < -0.39 is 0 Å². The molecule has 1 spiro atoms. The molecule has 0 aromatic carbocycles. The van der Waals surface area contributed by atoms with Gasteiger partial charge < -0.3 is 9.47 Å². The summed E-state index contributed by atoms with van der Waals surface area (Å²) in [4.78, 5) is 26.4. The molecule has 1 amide bonds. The molecule has 3 heterocycles. The predicted molar refractivity (Wildman–Crippen MR) is 89.7 cm³/mol. The second-order valence-electron chi connectivity index (χ2n) is 6.95. The van der Waals surface area contributed by atoms with E-state index in [0.717, 1.165) is 38.8 Å². The summed E-state index contributed by atoms with van der Waals surface area (Å²) in [5.41, 5.74) is 2.54. The van der Waals surface area contributed by atoms with E-state index in [0.29, 0.717) is 13.0 Å². The number of H-pyrrole nitrogens is 1. The Labute approximate surface area is 140 Å². The number of aromatic amines is 1. The van der Waals surface area contributed by atoms with Crippen LogP contribution >= 0.6 is 0 Å². The molecule has 1 aliphatic heterocycles. The second-order valence-corrected chi connectivity index (χ2v) is 6.95. The molecule has 24 heavy (non-hydrogen) atoms. The number of nitrogens with one attached hydrogen (secondary N) is 1. The maximum atomic E-state index is 12.7. The Hall–Kier alpha value is -2.37. The van der Waals surface area contributed by atoms with E-state index in [4.69, 9.17) is 0 Å². The SMILES string of the molecule is O=C(CCn1ccccc1=O)N1CCCC2(CCc3cn[nH]c32)C1. The first-order valence-electron chi connectivity index (χ1n) is 8.64. The Morgan fingerprint density at radius 3 is 3.12 bits per heavy atom. The van der Waals surface area contributed by atoms with Gasteiger partial charge in [-0.15, -0.1) is 0 Å². The maximum Gasteiger partial charge on any atom is 0.250 e. The molecule has 1 fully saturated rings. The van der Waals surface area contributed by atoms with Crippen molar-refractivity contribution in [1.29, 1.82) is 0 Å². The number of nitrogens with zero attached hydrogens (tertiary/aromatic N) is 3. The fraction of sp³-hybridized carbons (Fsp3) is 0.500. The Kier molecular flexibility index (Phi) is 3.75. The van der Waals surface area contributed by atoms with Crippen molar-refractivity contribution < 1.29 is 4.79 Å². The van der Waals surface area contributed by atoms with Crippen molar-refractivity contribution in [1.82, 2.24) is 19.7 Å². The van der Waals surface area contributed by atoms with Crippen LogP contribution in [0.4, 0.5) is 0 Å². The molecule has 6 nitrogen and oxygen atoms in total. The first-order valence-corrected chi connectivity index (χ1v) is 8.64. The molecule has 1 aliphatic carbocycles. The zero-order chi connectivity index (χ0) is 16.6. The largest absolute Gasteiger partial charge is 0.342 e. The number of fused-ring (bicyclic) bond motifs is 2. The summed E-state index contributed by atoms with van der Waals surface area (Å²) < 4.78 is 1.60. The lowest BCUT2D eigenvalue weighted by Crippen LogP contribution is -2.48. The molecule has 6 heteroatoms. The van der Waals surface area contributed by atoms with Gasteiger partial charge in [0.15, 0.2) is 0 Å². The highest BCUT2D eigenvalue weighted by molar-refractivity contribution is 5.76. The van der Waals surface area contributed by atoms with Crippen LogP contribution in [0.1, 0.15) is 36.9 Å². The molecule has 1 unspecified atom stereocenters. The molecule has 4 rings (SSSR count). The monoisotopic (exact) mass is 326 g/mol. The third-order valence-electron chi connectivity index (χ3n) is 5.52. The number of aromatic nitrogens is 3. The molecule has 0 saturated carbocycles. The lowest BCUT2D eigenvalue weighted by Gasteiger charge is -2.40. The number of piperidine rings is 1. The normalized spacial score (nSPS) is 22.8. The van der Waals surface area contributed by atoms with Crippen LogP contribution in [0.25, 0.3) is 0 Å². The van der Waals surface area contributed by atoms with Crippen LogP contribution in [-0.2, 0) is 23.2 Å². The molecule has 0 radical (unpaired) electrons. The van der Waals surface area contributed by atoms with Crippen LogP contribution < -0.4 is 5.56 Å². The van der Waals surface area contributed by atoms with Crippen molar-refractivity contribution in [2.45, 2.75) is 44.1 Å². The maximum absolute atomic E-state index is 12.7. The van der Waals surface area contributed by atoms with Gasteiger partial charge in [-0.3, -0.25) is 14.7 Å². The smallest absolute Gasteiger partial charge is 0.250 e. The minimum Gasteiger partial charge on any atom is -0.342 e. The van der Waals surface area contributed by atoms with Gasteiger partial charge in [0, 0.05) is 49.4 Å². The van der Waals surface area contributed by atoms with Crippen LogP contribution in [0.3, 0.4) is 0 Å². The summed E-state index contributed by atoms with van der Waals surface area (Å²) in [6, 6.07) is 5.07. The van der Waals surface area contributed by atoms with Crippen molar-refractivity contribution in [2.24, 2.45) is 0 Å². The van der Waals surface area contributed by atoms with E-state index in [-0.39, 0.29) is 16.9 Å². The van der Waals surface area contributed by atoms with E-state index in [9.17, 15) is 9.59 Å². The predicted octanol–water partition coefficient (Wildman–Crippen LogP) is 1.47. The molecular formula is C18H22N4O2. The van der Waals surface area contributed by atoms with Crippen molar-refractivity contribution in [3.8, 4) is 0 Å². The van der Waals surface area contributed by atoms with Gasteiger partial charge >= 0.3 is 0 Å². The molecule has 2 aliphatic rings. The van der Waals surface area contributed by atoms with Crippen LogP contribution in [0.2, 0.25) is 0 Å². The van der Waals surface area contributed by atoms with Gasteiger partial charge in [-0.05, 0) is 37.3 Å². The number of rotatable bonds is 3. The van der Waals surface area contributed by atoms with Gasteiger partial charge in [0.05, 0.1) is 6.20 Å². The number of carbonyl (C=O) groups is 1. The van der Waals surface area contributed by atoms with Crippen molar-refractivity contribution >= 4 is 5.91 Å². The number of likely N-dealkylation sites (tertiary alicyclic amines) is 1. The van der Waals surface area contributed by atoms with E-state index in [1.165, 1.54) is 17.3 Å². The minimum atomic E-state index is -0.0571. The topological polar surface area (TPSA) is 71.0 Å². The van der Waals surface area contributed by atoms with Crippen molar-refractivity contribution in [3.05, 3.63) is 52.2 Å². The fourth-order valence-electron chi connectivity index (χ4n) is 4.23. The van der Waals surface area contributed by atoms with Gasteiger partial charge in [0.25, 0.3) is 5.56 Å². The number of aryl methyl sites for hydroxylation is 2. The van der Waals surface area contributed by atoms with Crippen LogP contribution in [0, 0.1) is 0 Å². The average molecular weight is 326 g/mol. The zero-order valence-electron chi connectivity index (χ0n) is 13.7. The van der Waals surface area contributed by atoms with Crippen molar-refractivity contribution in [2.75, 3.05) is 13.1 Å². The van der Waals surface area contributed by atoms with Crippen LogP contribution in [0.5, 0.6) is 0 Å². The average Bonchev–Trinajstić information content (AvgIpc) is 3.19. The third-order valence-corrected chi connectivity index (χ3v) is 5.52. The van der Waals surface area contributed by atoms with E-state index in [1.54, 1.807) is 16.8 Å². The van der Waals surface area contributed by atoms with Gasteiger partial charge in [0.2, 0.25) is 5.91 Å². The molecule has 0 bridgehead atoms. The molecule has 2 aromatic rings. The quantitative estimate of drug-likeness (QED) is 0.928. The summed E-state index contributed by atoms with van der Waals surface area (Å²) in [5.74, 6) is 0.137. The van der Waals surface area contributed by atoms with E-state index in [2.05, 4.69) is 10.2 Å². The first kappa shape index (κ1) is 15.2. The van der Waals surface area contributed by atoms with Gasteiger partial charge in [-0.1, -0.05) is 6.07 Å². The fourth-order valence-corrected chi connectivity index (χ4v) is 4.23. The molecular weight excluding hydrogens is 304 g/mol. The summed E-state index contributed by atoms with van der Waals surface area (Å²) >= 11 is 0. The summed E-state index contributed by atoms with van der Waals surface area (Å²) in [6.45, 7) is 2.02. The molecule has 126 valence electrons. The number of hydrogen-bond acceptors (Lipinski definition) is 3. The highest BCUT2D eigenvalue weighted by Crippen LogP contribution is 2.43. The highest BCUT2D eigenvalue weighted by Gasteiger charge is 2.44. The summed E-state index contributed by atoms with van der Waals surface area (Å²) in [6.07, 6.45) is 8.31. The lowest BCUT2D eigenvalue weighted by atomic mass is 9.77. The highest BCUT2D eigenvalue weighted by atomic mass is 16.2. The summed E-state index contributed by atoms with van der Waals surface area (Å²) in [7, 11) is 0. The molecule has 2 aromatic heterocycles. The standard InChI is InChI=1S/C18H22N4O2/c23-15-4-1-2-9-21(15)11-6-16(24)22-10-3-7-18(13-22)8-5-14-12-19-20-17(14)18/h1-2,4,9,12H,3,5-8,10-11,13H2,(H,19,20). The van der Waals surface area contributed by atoms with E-state index >= 15 is 0 Å². The van der Waals surface area contributed by atoms with Crippen LogP contribution in [0.15, 0.2) is 35.4 Å². The lowest BCUT2D eigenvalue weighted by molar-refractivity contribution is -0.133. The number of hydrogen-bond donors (Lipinski definition) is 1. The minimum absolute atomic E-state index is 0.0571. The molecule has 1 saturated heterocycles. The Bertz CT molecular complexity index is 809. The van der Waals surface area contributed by atoms with Gasteiger partial charge in [-0.25, -0.2) is 0 Å². The van der Waals surface area contributed by atoms with Crippen molar-refractivity contribution in [3.63, 3.8) is 0 Å². The first-order chi connectivity index (χ1) is 11.7. The Morgan fingerprint density at radius 1 is 1.33 bits per heavy atom. The van der Waals surface area contributed by atoms with Gasteiger partial charge in [-0.2, -0.15) is 5.10 Å². The van der Waals surface area contributed by atoms with E-state index in [1.807, 2.05) is 17.2 Å². The number of amides is 1. The molecule has 1 N–H and O–H groups in total. The third kappa shape index (κ3) is 2.56. The summed E-state index contributed by atoms with van der Waals surface area (Å²) in [5, 5.41) is 7.35. The molecule has 1 atom stereocenters. The number of carbonyl (C=O) groups excluding carboxylic acids is 1.